The highest BCUT2D eigenvalue weighted by molar-refractivity contribution is 5.71. The molecule has 0 aromatic heterocycles. The van der Waals surface area contributed by atoms with Crippen molar-refractivity contribution in [2.45, 2.75) is 354 Å². The fourth-order valence-electron chi connectivity index (χ4n) is 9.96. The van der Waals surface area contributed by atoms with Crippen LogP contribution >= 0.6 is 0 Å². The van der Waals surface area contributed by atoms with Gasteiger partial charge in [-0.25, -0.2) is 0 Å². The van der Waals surface area contributed by atoms with Crippen LogP contribution in [0.1, 0.15) is 348 Å². The lowest BCUT2D eigenvalue weighted by Crippen LogP contribution is -2.30. The first-order valence-electron chi connectivity index (χ1n) is 34.6. The van der Waals surface area contributed by atoms with Gasteiger partial charge in [0.15, 0.2) is 6.10 Å². The maximum Gasteiger partial charge on any atom is 0.306 e. The second kappa shape index (κ2) is 68.1. The third-order valence-corrected chi connectivity index (χ3v) is 15.1. The average Bonchev–Trinajstić information content (AvgIpc) is 3.46. The van der Waals surface area contributed by atoms with E-state index in [0.29, 0.717) is 19.3 Å². The SMILES string of the molecule is CC/C=C\C/C=C\C/C=C\C/C=C\C/C=C\CCCCCCCCCCCCCCCC(=O)OCC(COC(=O)CCCCCCC/C=C\C/C=C\CCCC)OC(=O)CCCCCCCCCCCCCCCCCCCCC. The molecule has 0 radical (unpaired) electrons. The molecule has 1 atom stereocenters. The Morgan fingerprint density at radius 1 is 0.263 bits per heavy atom. The molecule has 0 amide bonds. The summed E-state index contributed by atoms with van der Waals surface area (Å²) in [5.74, 6) is -0.873. The smallest absolute Gasteiger partial charge is 0.306 e. The van der Waals surface area contributed by atoms with E-state index < -0.39 is 6.10 Å². The number of esters is 3. The Morgan fingerprint density at radius 2 is 0.500 bits per heavy atom. The minimum atomic E-state index is -0.782. The van der Waals surface area contributed by atoms with Gasteiger partial charge in [0.1, 0.15) is 13.2 Å². The van der Waals surface area contributed by atoms with Crippen molar-refractivity contribution in [2.75, 3.05) is 13.2 Å². The van der Waals surface area contributed by atoms with Crippen LogP contribution in [0.4, 0.5) is 0 Å². The molecule has 0 N–H and O–H groups in total. The summed E-state index contributed by atoms with van der Waals surface area (Å²) >= 11 is 0. The lowest BCUT2D eigenvalue weighted by atomic mass is 10.0. The predicted octanol–water partition coefficient (Wildman–Crippen LogP) is 23.8. The van der Waals surface area contributed by atoms with Gasteiger partial charge in [0.2, 0.25) is 0 Å². The summed E-state index contributed by atoms with van der Waals surface area (Å²) in [6.45, 7) is 6.52. The number of carbonyl (C=O) groups excluding carboxylic acids is 3. The van der Waals surface area contributed by atoms with Crippen LogP contribution < -0.4 is 0 Å². The monoisotopic (exact) mass is 1110 g/mol. The van der Waals surface area contributed by atoms with E-state index in [0.717, 1.165) is 109 Å². The van der Waals surface area contributed by atoms with E-state index in [4.69, 9.17) is 14.2 Å². The van der Waals surface area contributed by atoms with E-state index in [2.05, 4.69) is 106 Å². The molecule has 6 heteroatoms. The minimum absolute atomic E-state index is 0.0776. The molecule has 0 fully saturated rings. The summed E-state index contributed by atoms with van der Waals surface area (Å²) in [6, 6.07) is 0. The summed E-state index contributed by atoms with van der Waals surface area (Å²) < 4.78 is 17.0. The van der Waals surface area contributed by atoms with Crippen molar-refractivity contribution in [3.8, 4) is 0 Å². The molecule has 0 bridgehead atoms. The summed E-state index contributed by atoms with van der Waals surface area (Å²) in [7, 11) is 0. The molecule has 0 spiro atoms. The third-order valence-electron chi connectivity index (χ3n) is 15.1. The zero-order chi connectivity index (χ0) is 57.8. The maximum absolute atomic E-state index is 12.9. The van der Waals surface area contributed by atoms with E-state index in [1.165, 1.54) is 199 Å². The van der Waals surface area contributed by atoms with E-state index in [-0.39, 0.29) is 31.1 Å². The molecule has 6 nitrogen and oxygen atoms in total. The lowest BCUT2D eigenvalue weighted by Gasteiger charge is -2.18. The second-order valence-electron chi connectivity index (χ2n) is 23.1. The molecule has 462 valence electrons. The van der Waals surface area contributed by atoms with Crippen LogP contribution in [0.25, 0.3) is 0 Å². The number of allylic oxidation sites excluding steroid dienone is 14. The molecule has 0 saturated carbocycles. The van der Waals surface area contributed by atoms with Gasteiger partial charge in [-0.3, -0.25) is 14.4 Å². The first-order valence-corrected chi connectivity index (χ1v) is 34.6. The largest absolute Gasteiger partial charge is 0.462 e. The summed E-state index contributed by atoms with van der Waals surface area (Å²) in [6.07, 6.45) is 90.3. The second-order valence-corrected chi connectivity index (χ2v) is 23.1. The van der Waals surface area contributed by atoms with Crippen LogP contribution in [-0.4, -0.2) is 37.2 Å². The molecule has 0 saturated heterocycles. The van der Waals surface area contributed by atoms with Crippen LogP contribution in [0.5, 0.6) is 0 Å². The van der Waals surface area contributed by atoms with Gasteiger partial charge in [-0.1, -0.05) is 324 Å². The van der Waals surface area contributed by atoms with Crippen LogP contribution in [-0.2, 0) is 28.6 Å². The van der Waals surface area contributed by atoms with Gasteiger partial charge < -0.3 is 14.2 Å². The minimum Gasteiger partial charge on any atom is -0.462 e. The topological polar surface area (TPSA) is 78.9 Å². The van der Waals surface area contributed by atoms with Crippen molar-refractivity contribution in [2.24, 2.45) is 0 Å². The standard InChI is InChI=1S/C74H130O6/c1-4-7-10-13-16-19-22-25-28-30-32-33-34-35-36-37-38-39-40-41-43-44-46-49-52-55-58-61-64-67-73(76)79-70-71(69-78-72(75)66-63-60-57-54-51-48-27-24-21-18-15-12-9-6-3)80-74(77)68-65-62-59-56-53-50-47-45-42-31-29-26-23-20-17-14-11-8-5-2/h7,10,15-16,18-19,24-25,27-28,32-33,35-36,71H,4-6,8-9,11-14,17,20-23,26,29-31,34,37-70H2,1-3H3/b10-7-,18-15-,19-16-,27-24-,28-25-,33-32-,36-35-. The maximum atomic E-state index is 12.9. The van der Waals surface area contributed by atoms with Crippen molar-refractivity contribution >= 4 is 17.9 Å². The fourth-order valence-corrected chi connectivity index (χ4v) is 9.96. The number of rotatable bonds is 63. The zero-order valence-electron chi connectivity index (χ0n) is 53.1. The highest BCUT2D eigenvalue weighted by Gasteiger charge is 2.19. The highest BCUT2D eigenvalue weighted by atomic mass is 16.6. The quantitative estimate of drug-likeness (QED) is 0.0261. The molecular formula is C74H130O6. The normalized spacial score (nSPS) is 12.6. The third kappa shape index (κ3) is 65.4. The molecule has 0 aromatic rings. The average molecular weight is 1120 g/mol. The van der Waals surface area contributed by atoms with Gasteiger partial charge in [-0.2, -0.15) is 0 Å². The van der Waals surface area contributed by atoms with E-state index in [1.54, 1.807) is 0 Å². The Kier molecular flexibility index (Phi) is 65.2. The number of unbranched alkanes of at least 4 members (excludes halogenated alkanes) is 38. The Morgan fingerprint density at radius 3 is 0.800 bits per heavy atom. The van der Waals surface area contributed by atoms with Gasteiger partial charge in [0, 0.05) is 19.3 Å². The number of ether oxygens (including phenoxy) is 3. The molecule has 80 heavy (non-hydrogen) atoms. The zero-order valence-corrected chi connectivity index (χ0v) is 53.1. The van der Waals surface area contributed by atoms with E-state index >= 15 is 0 Å². The van der Waals surface area contributed by atoms with E-state index in [1.807, 2.05) is 0 Å². The van der Waals surface area contributed by atoms with Crippen molar-refractivity contribution in [3.05, 3.63) is 85.1 Å². The van der Waals surface area contributed by atoms with Gasteiger partial charge in [-0.15, -0.1) is 0 Å². The van der Waals surface area contributed by atoms with Crippen molar-refractivity contribution < 1.29 is 28.6 Å². The van der Waals surface area contributed by atoms with Crippen molar-refractivity contribution in [3.63, 3.8) is 0 Å². The number of carbonyl (C=O) groups is 3. The van der Waals surface area contributed by atoms with E-state index in [9.17, 15) is 14.4 Å². The molecule has 0 heterocycles. The summed E-state index contributed by atoms with van der Waals surface area (Å²) in [4.78, 5) is 38.4. The molecular weight excluding hydrogens is 985 g/mol. The van der Waals surface area contributed by atoms with Crippen molar-refractivity contribution in [1.82, 2.24) is 0 Å². The molecule has 0 aliphatic heterocycles. The Hall–Kier alpha value is -3.41. The summed E-state index contributed by atoms with van der Waals surface area (Å²) in [5.41, 5.74) is 0. The summed E-state index contributed by atoms with van der Waals surface area (Å²) in [5, 5.41) is 0. The van der Waals surface area contributed by atoms with Crippen LogP contribution in [0.2, 0.25) is 0 Å². The van der Waals surface area contributed by atoms with Gasteiger partial charge in [0.05, 0.1) is 0 Å². The molecule has 0 aliphatic carbocycles. The number of hydrogen-bond acceptors (Lipinski definition) is 6. The Balaban J connectivity index is 4.26. The van der Waals surface area contributed by atoms with Crippen molar-refractivity contribution in [1.29, 1.82) is 0 Å². The first kappa shape index (κ1) is 76.6. The van der Waals surface area contributed by atoms with Crippen LogP contribution in [0, 0.1) is 0 Å². The van der Waals surface area contributed by atoms with Gasteiger partial charge in [0.25, 0.3) is 0 Å². The fraction of sp³-hybridized carbons (Fsp3) is 0.770. The molecule has 0 rings (SSSR count). The highest BCUT2D eigenvalue weighted by Crippen LogP contribution is 2.18. The Labute approximate surface area is 496 Å². The Bertz CT molecular complexity index is 1520. The van der Waals surface area contributed by atoms with Gasteiger partial charge in [-0.05, 0) is 89.9 Å². The lowest BCUT2D eigenvalue weighted by molar-refractivity contribution is -0.167. The van der Waals surface area contributed by atoms with Crippen LogP contribution in [0.15, 0.2) is 85.1 Å². The van der Waals surface area contributed by atoms with Crippen LogP contribution in [0.3, 0.4) is 0 Å². The first-order chi connectivity index (χ1) is 39.5. The molecule has 0 aliphatic rings. The number of hydrogen-bond donors (Lipinski definition) is 0. The molecule has 1 unspecified atom stereocenters. The molecule has 0 aromatic carbocycles. The predicted molar refractivity (Wildman–Crippen MR) is 348 cm³/mol. The van der Waals surface area contributed by atoms with Gasteiger partial charge >= 0.3 is 17.9 Å².